The number of carbonyl (C=O) groups is 2. The minimum absolute atomic E-state index is 0.134. The molecule has 4 rings (SSSR count). The van der Waals surface area contributed by atoms with Crippen molar-refractivity contribution in [3.8, 4) is 17.2 Å². The standard InChI is InChI=1S/C15H14O4.C8H7N3O5/c1-18-11-8-12(16)14(13(9-11)19-2)15(17)10-6-4-3-5-7-10;12-8-10(3-4-15-8)9-5-6-1-2-7(16-6)11(13)14/h3-9,16H,1-2H3;1-2,5H,3-4H2. The fourth-order valence-electron chi connectivity index (χ4n) is 2.94. The molecule has 1 fully saturated rings. The molecule has 0 aliphatic carbocycles. The number of amides is 1. The first-order valence-electron chi connectivity index (χ1n) is 10.1. The molecule has 35 heavy (non-hydrogen) atoms. The molecular formula is C23H21N3O9. The maximum atomic E-state index is 12.4. The largest absolute Gasteiger partial charge is 0.507 e. The highest BCUT2D eigenvalue weighted by atomic mass is 16.6. The van der Waals surface area contributed by atoms with Crippen molar-refractivity contribution in [3.63, 3.8) is 0 Å². The molecule has 1 amide bonds. The van der Waals surface area contributed by atoms with Crippen LogP contribution in [-0.2, 0) is 4.74 Å². The molecule has 1 N–H and O–H groups in total. The molecule has 1 aromatic heterocycles. The number of rotatable bonds is 7. The maximum Gasteiger partial charge on any atom is 0.433 e. The van der Waals surface area contributed by atoms with Crippen molar-refractivity contribution in [2.24, 2.45) is 5.10 Å². The van der Waals surface area contributed by atoms with Crippen molar-refractivity contribution in [1.29, 1.82) is 0 Å². The van der Waals surface area contributed by atoms with Crippen molar-refractivity contribution in [2.75, 3.05) is 27.4 Å². The molecule has 0 spiro atoms. The van der Waals surface area contributed by atoms with Gasteiger partial charge in [-0.25, -0.2) is 4.79 Å². The van der Waals surface area contributed by atoms with Crippen molar-refractivity contribution in [1.82, 2.24) is 5.01 Å². The highest BCUT2D eigenvalue weighted by Crippen LogP contribution is 2.34. The molecule has 12 heteroatoms. The summed E-state index contributed by atoms with van der Waals surface area (Å²) in [4.78, 5) is 33.0. The third-order valence-electron chi connectivity index (χ3n) is 4.63. The lowest BCUT2D eigenvalue weighted by Gasteiger charge is -2.11. The summed E-state index contributed by atoms with van der Waals surface area (Å²) in [7, 11) is 2.92. The number of hydrogen-bond donors (Lipinski definition) is 1. The summed E-state index contributed by atoms with van der Waals surface area (Å²) in [6.45, 7) is 0.645. The van der Waals surface area contributed by atoms with Crippen LogP contribution in [0.4, 0.5) is 10.7 Å². The number of aromatic hydroxyl groups is 1. The summed E-state index contributed by atoms with van der Waals surface area (Å²) in [6.07, 6.45) is 0.678. The predicted octanol–water partition coefficient (Wildman–Crippen LogP) is 3.61. The van der Waals surface area contributed by atoms with Gasteiger partial charge in [-0.05, 0) is 6.07 Å². The van der Waals surface area contributed by atoms with Crippen LogP contribution in [0.5, 0.6) is 17.2 Å². The van der Waals surface area contributed by atoms with Gasteiger partial charge < -0.3 is 23.7 Å². The SMILES string of the molecule is COc1cc(O)c(C(=O)c2ccccc2)c(OC)c1.O=C1OCCN1N=Cc1ccc([N+](=O)[O-])o1. The summed E-state index contributed by atoms with van der Waals surface area (Å²) < 4.78 is 19.6. The lowest BCUT2D eigenvalue weighted by Crippen LogP contribution is -2.17. The first-order valence-corrected chi connectivity index (χ1v) is 10.1. The van der Waals surface area contributed by atoms with Gasteiger partial charge in [0.1, 0.15) is 34.3 Å². The van der Waals surface area contributed by atoms with Crippen LogP contribution < -0.4 is 9.47 Å². The zero-order chi connectivity index (χ0) is 25.4. The molecule has 0 bridgehead atoms. The Labute approximate surface area is 199 Å². The summed E-state index contributed by atoms with van der Waals surface area (Å²) >= 11 is 0. The van der Waals surface area contributed by atoms with Crippen LogP contribution in [0, 0.1) is 10.1 Å². The Hall–Kier alpha value is -4.87. The fourth-order valence-corrected chi connectivity index (χ4v) is 2.94. The molecule has 1 aliphatic heterocycles. The second kappa shape index (κ2) is 11.3. The highest BCUT2D eigenvalue weighted by molar-refractivity contribution is 6.12. The van der Waals surface area contributed by atoms with E-state index in [9.17, 15) is 24.8 Å². The van der Waals surface area contributed by atoms with E-state index < -0.39 is 11.0 Å². The van der Waals surface area contributed by atoms with Gasteiger partial charge in [-0.1, -0.05) is 30.3 Å². The van der Waals surface area contributed by atoms with E-state index in [0.717, 1.165) is 5.01 Å². The lowest BCUT2D eigenvalue weighted by atomic mass is 10.0. The topological polar surface area (TPSA) is 154 Å². The third-order valence-corrected chi connectivity index (χ3v) is 4.63. The summed E-state index contributed by atoms with van der Waals surface area (Å²) in [5.74, 6) is 0.0872. The van der Waals surface area contributed by atoms with Crippen molar-refractivity contribution in [2.45, 2.75) is 0 Å². The Kier molecular flexibility index (Phi) is 8.01. The summed E-state index contributed by atoms with van der Waals surface area (Å²) in [6, 6.07) is 14.3. The van der Waals surface area contributed by atoms with Crippen LogP contribution in [0.25, 0.3) is 0 Å². The van der Waals surface area contributed by atoms with Gasteiger partial charge in [0.15, 0.2) is 5.76 Å². The molecule has 2 aromatic carbocycles. The van der Waals surface area contributed by atoms with E-state index in [0.29, 0.717) is 17.9 Å². The van der Waals surface area contributed by atoms with Gasteiger partial charge in [0.05, 0.1) is 33.0 Å². The fraction of sp³-hybridized carbons (Fsp3) is 0.174. The van der Waals surface area contributed by atoms with Gasteiger partial charge in [0.25, 0.3) is 0 Å². The van der Waals surface area contributed by atoms with E-state index >= 15 is 0 Å². The molecular weight excluding hydrogens is 462 g/mol. The Bertz CT molecular complexity index is 1240. The van der Waals surface area contributed by atoms with Crippen LogP contribution in [0.15, 0.2) is 64.1 Å². The van der Waals surface area contributed by atoms with Gasteiger partial charge in [0.2, 0.25) is 5.78 Å². The molecule has 0 atom stereocenters. The number of ether oxygens (including phenoxy) is 3. The quantitative estimate of drug-likeness (QED) is 0.230. The van der Waals surface area contributed by atoms with Crippen molar-refractivity contribution >= 4 is 24.0 Å². The van der Waals surface area contributed by atoms with E-state index in [-0.39, 0.29) is 41.1 Å². The first-order chi connectivity index (χ1) is 16.8. The van der Waals surface area contributed by atoms with Gasteiger partial charge in [-0.3, -0.25) is 14.9 Å². The zero-order valence-electron chi connectivity index (χ0n) is 18.7. The number of phenolic OH excluding ortho intramolecular Hbond substituents is 1. The number of furan rings is 1. The van der Waals surface area contributed by atoms with Crippen LogP contribution in [0.3, 0.4) is 0 Å². The molecule has 0 unspecified atom stereocenters. The second-order valence-corrected chi connectivity index (χ2v) is 6.83. The average molecular weight is 483 g/mol. The number of cyclic esters (lactones) is 1. The van der Waals surface area contributed by atoms with E-state index in [1.807, 2.05) is 6.07 Å². The number of hydrogen-bond acceptors (Lipinski definition) is 10. The van der Waals surface area contributed by atoms with Gasteiger partial charge in [-0.2, -0.15) is 10.1 Å². The van der Waals surface area contributed by atoms with E-state index in [2.05, 4.69) is 9.84 Å². The third kappa shape index (κ3) is 6.13. The Morgan fingerprint density at radius 1 is 1.17 bits per heavy atom. The van der Waals surface area contributed by atoms with Crippen molar-refractivity contribution < 1.29 is 38.2 Å². The average Bonchev–Trinajstić information content (AvgIpc) is 3.51. The molecule has 1 saturated heterocycles. The lowest BCUT2D eigenvalue weighted by molar-refractivity contribution is -0.402. The Morgan fingerprint density at radius 3 is 2.49 bits per heavy atom. The van der Waals surface area contributed by atoms with E-state index in [1.54, 1.807) is 30.3 Å². The van der Waals surface area contributed by atoms with E-state index in [4.69, 9.17) is 13.9 Å². The van der Waals surface area contributed by atoms with Crippen molar-refractivity contribution in [3.05, 3.63) is 81.6 Å². The number of nitrogens with zero attached hydrogens (tertiary/aromatic N) is 3. The molecule has 3 aromatic rings. The number of phenols is 1. The van der Waals surface area contributed by atoms with Crippen LogP contribution >= 0.6 is 0 Å². The van der Waals surface area contributed by atoms with Gasteiger partial charge in [-0.15, -0.1) is 0 Å². The number of ketones is 1. The monoisotopic (exact) mass is 483 g/mol. The Balaban J connectivity index is 0.000000198. The number of hydrazone groups is 1. The van der Waals surface area contributed by atoms with Gasteiger partial charge in [0, 0.05) is 17.7 Å². The first kappa shape index (κ1) is 24.8. The smallest absolute Gasteiger partial charge is 0.433 e. The minimum atomic E-state index is -0.651. The predicted molar refractivity (Wildman–Crippen MR) is 122 cm³/mol. The molecule has 12 nitrogen and oxygen atoms in total. The van der Waals surface area contributed by atoms with Gasteiger partial charge >= 0.3 is 12.0 Å². The number of carbonyl (C=O) groups excluding carboxylic acids is 2. The van der Waals surface area contributed by atoms with Crippen LogP contribution in [0.1, 0.15) is 21.7 Å². The molecule has 0 saturated carbocycles. The minimum Gasteiger partial charge on any atom is -0.507 e. The maximum absolute atomic E-state index is 12.4. The molecule has 1 aliphatic rings. The van der Waals surface area contributed by atoms with E-state index in [1.165, 1.54) is 38.6 Å². The molecule has 2 heterocycles. The normalized spacial score (nSPS) is 12.6. The second-order valence-electron chi connectivity index (χ2n) is 6.83. The summed E-state index contributed by atoms with van der Waals surface area (Å²) in [5, 5.41) is 25.2. The van der Waals surface area contributed by atoms with Crippen LogP contribution in [-0.4, -0.2) is 60.5 Å². The molecule has 0 radical (unpaired) electrons. The number of nitro groups is 1. The summed E-state index contributed by atoms with van der Waals surface area (Å²) in [5.41, 5.74) is 0.621. The number of benzene rings is 2. The Morgan fingerprint density at radius 2 is 1.91 bits per heavy atom. The zero-order valence-corrected chi connectivity index (χ0v) is 18.7. The van der Waals surface area contributed by atoms with Crippen LogP contribution in [0.2, 0.25) is 0 Å². The highest BCUT2D eigenvalue weighted by Gasteiger charge is 2.21. The molecule has 182 valence electrons. The number of methoxy groups -OCH3 is 2.